The molecule has 0 saturated heterocycles. The summed E-state index contributed by atoms with van der Waals surface area (Å²) in [6.45, 7) is 4.21. The summed E-state index contributed by atoms with van der Waals surface area (Å²) in [6.07, 6.45) is 2.10. The van der Waals surface area contributed by atoms with E-state index in [1.807, 2.05) is 30.3 Å². The summed E-state index contributed by atoms with van der Waals surface area (Å²) in [4.78, 5) is 15.4. The maximum Gasteiger partial charge on any atom is 0.404 e. The first-order valence-electron chi connectivity index (χ1n) is 10.1. The molecule has 0 unspecified atom stereocenters. The van der Waals surface area contributed by atoms with Crippen LogP contribution in [0.25, 0.3) is 0 Å². The Balaban J connectivity index is 1.83. The van der Waals surface area contributed by atoms with Crippen LogP contribution in [0.3, 0.4) is 0 Å². The molecule has 8 heteroatoms. The quantitative estimate of drug-likeness (QED) is 0.535. The largest absolute Gasteiger partial charge is 0.465 e. The maximum atomic E-state index is 14.6. The minimum Gasteiger partial charge on any atom is -0.465 e. The fraction of sp³-hybridized carbons (Fsp3) is 0.409. The van der Waals surface area contributed by atoms with Crippen LogP contribution < -0.4 is 16.0 Å². The van der Waals surface area contributed by atoms with Crippen molar-refractivity contribution in [3.05, 3.63) is 47.3 Å². The average Bonchev–Trinajstić information content (AvgIpc) is 2.71. The Bertz CT molecular complexity index is 940. The predicted octanol–water partition coefficient (Wildman–Crippen LogP) is 4.95. The van der Waals surface area contributed by atoms with Crippen LogP contribution in [0, 0.1) is 17.1 Å². The lowest BCUT2D eigenvalue weighted by Gasteiger charge is -2.32. The Hall–Kier alpha value is -3.34. The van der Waals surface area contributed by atoms with Gasteiger partial charge in [-0.25, -0.2) is 14.2 Å². The van der Waals surface area contributed by atoms with Crippen LogP contribution in [-0.4, -0.2) is 28.3 Å². The first kappa shape index (κ1) is 21.4. The minimum absolute atomic E-state index is 0.000565. The summed E-state index contributed by atoms with van der Waals surface area (Å²) in [5, 5.41) is 27.1. The van der Waals surface area contributed by atoms with Crippen molar-refractivity contribution in [1.29, 1.82) is 5.26 Å². The molecule has 1 aromatic carbocycles. The third kappa shape index (κ3) is 5.17. The Morgan fingerprint density at radius 3 is 2.47 bits per heavy atom. The number of pyridine rings is 1. The number of nitrogens with zero attached hydrogens (tertiary/aromatic N) is 2. The smallest absolute Gasteiger partial charge is 0.404 e. The molecule has 1 aliphatic rings. The summed E-state index contributed by atoms with van der Waals surface area (Å²) >= 11 is 0. The second-order valence-electron chi connectivity index (χ2n) is 7.82. The highest BCUT2D eigenvalue weighted by Gasteiger charge is 2.28. The van der Waals surface area contributed by atoms with Crippen molar-refractivity contribution < 1.29 is 14.3 Å². The van der Waals surface area contributed by atoms with Crippen molar-refractivity contribution in [2.24, 2.45) is 0 Å². The topological polar surface area (TPSA) is 110 Å². The molecule has 1 heterocycles. The molecule has 30 heavy (non-hydrogen) atoms. The van der Waals surface area contributed by atoms with Crippen molar-refractivity contribution >= 4 is 23.4 Å². The molecule has 4 N–H and O–H groups in total. The van der Waals surface area contributed by atoms with E-state index in [2.05, 4.69) is 34.8 Å². The van der Waals surface area contributed by atoms with Crippen molar-refractivity contribution in [3.8, 4) is 6.07 Å². The predicted molar refractivity (Wildman–Crippen MR) is 114 cm³/mol. The number of benzene rings is 1. The van der Waals surface area contributed by atoms with Gasteiger partial charge in [0.25, 0.3) is 0 Å². The molecule has 2 aromatic rings. The summed E-state index contributed by atoms with van der Waals surface area (Å²) < 4.78 is 14.6. The lowest BCUT2D eigenvalue weighted by atomic mass is 9.90. The number of halogens is 1. The molecule has 0 spiro atoms. The second-order valence-corrected chi connectivity index (χ2v) is 7.82. The SMILES string of the molecule is CC(C)c1ccc(Nc2nc(N[C@@H]3CCCC[C@@H]3NC(=O)O)c(F)cc2C#N)cc1. The monoisotopic (exact) mass is 411 g/mol. The third-order valence-electron chi connectivity index (χ3n) is 5.33. The zero-order valence-corrected chi connectivity index (χ0v) is 17.1. The molecule has 0 radical (unpaired) electrons. The van der Waals surface area contributed by atoms with Crippen molar-refractivity contribution in [1.82, 2.24) is 10.3 Å². The lowest BCUT2D eigenvalue weighted by Crippen LogP contribution is -2.48. The van der Waals surface area contributed by atoms with E-state index in [-0.39, 0.29) is 29.3 Å². The fourth-order valence-corrected chi connectivity index (χ4v) is 3.67. The van der Waals surface area contributed by atoms with Gasteiger partial charge in [0, 0.05) is 11.7 Å². The van der Waals surface area contributed by atoms with E-state index in [1.165, 1.54) is 5.56 Å². The van der Waals surface area contributed by atoms with E-state index in [4.69, 9.17) is 5.11 Å². The number of rotatable bonds is 6. The Labute approximate surface area is 175 Å². The molecular formula is C22H26FN5O2. The molecule has 1 saturated carbocycles. The van der Waals surface area contributed by atoms with E-state index < -0.39 is 11.9 Å². The minimum atomic E-state index is -1.10. The van der Waals surface area contributed by atoms with Gasteiger partial charge < -0.3 is 21.1 Å². The van der Waals surface area contributed by atoms with Crippen LogP contribution in [0.4, 0.5) is 26.5 Å². The van der Waals surface area contributed by atoms with Crippen LogP contribution in [0.2, 0.25) is 0 Å². The average molecular weight is 411 g/mol. The van der Waals surface area contributed by atoms with Crippen molar-refractivity contribution in [2.45, 2.75) is 57.5 Å². The van der Waals surface area contributed by atoms with Gasteiger partial charge in [0.2, 0.25) is 0 Å². The number of aromatic nitrogens is 1. The van der Waals surface area contributed by atoms with Gasteiger partial charge in [-0.2, -0.15) is 5.26 Å². The zero-order valence-electron chi connectivity index (χ0n) is 17.1. The van der Waals surface area contributed by atoms with Crippen LogP contribution in [-0.2, 0) is 0 Å². The third-order valence-corrected chi connectivity index (χ3v) is 5.33. The van der Waals surface area contributed by atoms with E-state index >= 15 is 0 Å². The zero-order chi connectivity index (χ0) is 21.7. The number of nitrogens with one attached hydrogen (secondary N) is 3. The standard InChI is InChI=1S/C22H26FN5O2/c1-13(2)14-7-9-16(10-8-14)25-20-15(12-24)11-17(23)21(28-20)26-18-5-3-4-6-19(18)27-22(29)30/h7-11,13,18-19,27H,3-6H2,1-2H3,(H,29,30)(H2,25,26,28)/t18-,19+/m1/s1. The van der Waals surface area contributed by atoms with Crippen molar-refractivity contribution in [2.75, 3.05) is 10.6 Å². The highest BCUT2D eigenvalue weighted by atomic mass is 19.1. The molecule has 1 aromatic heterocycles. The normalized spacial score (nSPS) is 18.5. The summed E-state index contributed by atoms with van der Waals surface area (Å²) in [7, 11) is 0. The number of hydrogen-bond acceptors (Lipinski definition) is 5. The van der Waals surface area contributed by atoms with Gasteiger partial charge >= 0.3 is 6.09 Å². The van der Waals surface area contributed by atoms with Crippen LogP contribution in [0.5, 0.6) is 0 Å². The number of anilines is 3. The highest BCUT2D eigenvalue weighted by molar-refractivity contribution is 5.66. The van der Waals surface area contributed by atoms with Crippen LogP contribution in [0.15, 0.2) is 30.3 Å². The van der Waals surface area contributed by atoms with E-state index in [1.54, 1.807) is 0 Å². The Morgan fingerprint density at radius 2 is 1.87 bits per heavy atom. The summed E-state index contributed by atoms with van der Waals surface area (Å²) in [6, 6.07) is 10.3. The van der Waals surface area contributed by atoms with Gasteiger partial charge in [-0.1, -0.05) is 38.8 Å². The highest BCUT2D eigenvalue weighted by Crippen LogP contribution is 2.27. The van der Waals surface area contributed by atoms with Gasteiger partial charge in [-0.15, -0.1) is 0 Å². The van der Waals surface area contributed by atoms with E-state index in [0.29, 0.717) is 18.8 Å². The number of carboxylic acid groups (broad SMARTS) is 1. The van der Waals surface area contributed by atoms with Gasteiger partial charge in [-0.3, -0.25) is 0 Å². The molecule has 1 amide bonds. The molecule has 0 aliphatic heterocycles. The summed E-state index contributed by atoms with van der Waals surface area (Å²) in [5.41, 5.74) is 2.02. The van der Waals surface area contributed by atoms with Gasteiger partial charge in [0.15, 0.2) is 17.5 Å². The molecule has 3 rings (SSSR count). The molecule has 0 bridgehead atoms. The Morgan fingerprint density at radius 1 is 1.20 bits per heavy atom. The van der Waals surface area contributed by atoms with E-state index in [0.717, 1.165) is 24.6 Å². The Kier molecular flexibility index (Phi) is 6.72. The molecule has 2 atom stereocenters. The molecule has 7 nitrogen and oxygen atoms in total. The number of carbonyl (C=O) groups is 1. The first-order valence-corrected chi connectivity index (χ1v) is 10.1. The first-order chi connectivity index (χ1) is 14.4. The van der Waals surface area contributed by atoms with Gasteiger partial charge in [0.1, 0.15) is 6.07 Å². The number of nitriles is 1. The molecule has 1 aliphatic carbocycles. The van der Waals surface area contributed by atoms with Gasteiger partial charge in [-0.05, 0) is 42.5 Å². The van der Waals surface area contributed by atoms with Crippen LogP contribution in [0.1, 0.15) is 56.6 Å². The molecule has 158 valence electrons. The fourth-order valence-electron chi connectivity index (χ4n) is 3.67. The van der Waals surface area contributed by atoms with Crippen LogP contribution >= 0.6 is 0 Å². The number of amides is 1. The maximum absolute atomic E-state index is 14.6. The van der Waals surface area contributed by atoms with Crippen molar-refractivity contribution in [3.63, 3.8) is 0 Å². The summed E-state index contributed by atoms with van der Waals surface area (Å²) in [5.74, 6) is -0.000127. The van der Waals surface area contributed by atoms with Gasteiger partial charge in [0.05, 0.1) is 11.6 Å². The molecule has 1 fully saturated rings. The van der Waals surface area contributed by atoms with E-state index in [9.17, 15) is 14.4 Å². The number of hydrogen-bond donors (Lipinski definition) is 4. The molecular weight excluding hydrogens is 385 g/mol. The second kappa shape index (κ2) is 9.44. The lowest BCUT2D eigenvalue weighted by molar-refractivity contribution is 0.184.